The highest BCUT2D eigenvalue weighted by Crippen LogP contribution is 2.36. The van der Waals surface area contributed by atoms with E-state index in [1.807, 2.05) is 5.32 Å². The van der Waals surface area contributed by atoms with Gasteiger partial charge in [0.05, 0.1) is 11.3 Å². The fourth-order valence-electron chi connectivity index (χ4n) is 3.82. The molecule has 4 aromatic rings. The summed E-state index contributed by atoms with van der Waals surface area (Å²) >= 11 is 0. The van der Waals surface area contributed by atoms with Crippen molar-refractivity contribution in [1.29, 1.82) is 0 Å². The molecule has 0 spiro atoms. The van der Waals surface area contributed by atoms with E-state index in [1.54, 1.807) is 0 Å². The van der Waals surface area contributed by atoms with Crippen molar-refractivity contribution in [3.63, 3.8) is 0 Å². The molecule has 3 aromatic heterocycles. The van der Waals surface area contributed by atoms with E-state index in [4.69, 9.17) is 11.5 Å². The molecule has 0 bridgehead atoms. The van der Waals surface area contributed by atoms with E-state index in [0.29, 0.717) is 5.56 Å². The molecule has 3 amide bonds. The summed E-state index contributed by atoms with van der Waals surface area (Å²) in [7, 11) is 0. The number of halogens is 6. The summed E-state index contributed by atoms with van der Waals surface area (Å²) < 4.78 is 78.1. The van der Waals surface area contributed by atoms with Crippen LogP contribution in [0.25, 0.3) is 16.6 Å². The SMILES string of the molecule is NCc1c(C(=O)NCC(F)(F)F)c(-c2ccc(NC(=O)Nc3cccc(C(F)(F)F)n3)cc2)c2c(N)ncnn12. The molecule has 7 N–H and O–H groups in total. The van der Waals surface area contributed by atoms with Crippen LogP contribution in [0.15, 0.2) is 48.8 Å². The number of amides is 3. The lowest BCUT2D eigenvalue weighted by Crippen LogP contribution is -2.34. The molecule has 0 fully saturated rings. The summed E-state index contributed by atoms with van der Waals surface area (Å²) in [6, 6.07) is 7.73. The van der Waals surface area contributed by atoms with Crippen molar-refractivity contribution >= 4 is 34.8 Å². The van der Waals surface area contributed by atoms with Crippen molar-refractivity contribution in [2.45, 2.75) is 18.9 Å². The molecule has 0 saturated heterocycles. The number of aromatic nitrogens is 4. The molecule has 17 heteroatoms. The predicted molar refractivity (Wildman–Crippen MR) is 131 cm³/mol. The van der Waals surface area contributed by atoms with Crippen LogP contribution in [0.1, 0.15) is 21.7 Å². The quantitative estimate of drug-likeness (QED) is 0.221. The first-order chi connectivity index (χ1) is 18.8. The second-order valence-corrected chi connectivity index (χ2v) is 8.17. The Morgan fingerprint density at radius 2 is 1.68 bits per heavy atom. The number of urea groups is 1. The first kappa shape index (κ1) is 28.1. The highest BCUT2D eigenvalue weighted by molar-refractivity contribution is 6.08. The smallest absolute Gasteiger partial charge is 0.382 e. The van der Waals surface area contributed by atoms with E-state index in [9.17, 15) is 35.9 Å². The van der Waals surface area contributed by atoms with Crippen LogP contribution < -0.4 is 27.4 Å². The van der Waals surface area contributed by atoms with E-state index in [-0.39, 0.29) is 46.2 Å². The van der Waals surface area contributed by atoms with E-state index in [1.165, 1.54) is 34.8 Å². The van der Waals surface area contributed by atoms with Gasteiger partial charge in [-0.1, -0.05) is 18.2 Å². The minimum Gasteiger partial charge on any atom is -0.382 e. The zero-order valence-corrected chi connectivity index (χ0v) is 20.1. The number of anilines is 3. The largest absolute Gasteiger partial charge is 0.433 e. The Kier molecular flexibility index (Phi) is 7.50. The number of benzene rings is 1. The van der Waals surface area contributed by atoms with Crippen molar-refractivity contribution in [3.05, 3.63) is 65.7 Å². The van der Waals surface area contributed by atoms with Gasteiger partial charge in [-0.05, 0) is 29.8 Å². The summed E-state index contributed by atoms with van der Waals surface area (Å²) in [6.07, 6.45) is -8.28. The lowest BCUT2D eigenvalue weighted by molar-refractivity contribution is -0.141. The summed E-state index contributed by atoms with van der Waals surface area (Å²) in [5.74, 6) is -1.50. The monoisotopic (exact) mass is 567 g/mol. The predicted octanol–water partition coefficient (Wildman–Crippen LogP) is 3.79. The van der Waals surface area contributed by atoms with Crippen LogP contribution in [0.5, 0.6) is 0 Å². The standard InChI is InChI=1S/C23H19F6N9O2/c24-22(25,26)9-32-20(39)17-13(8-30)38-18(19(31)33-10-34-38)16(17)11-4-6-12(7-5-11)35-21(40)37-15-3-1-2-14(36-15)23(27,28)29/h1-7,10H,8-9,30H2,(H,32,39)(H2,31,33,34)(H2,35,36,37,40). The molecule has 0 aliphatic carbocycles. The van der Waals surface area contributed by atoms with Gasteiger partial charge >= 0.3 is 18.4 Å². The van der Waals surface area contributed by atoms with Gasteiger partial charge in [0.1, 0.15) is 29.9 Å². The van der Waals surface area contributed by atoms with Gasteiger partial charge in [-0.15, -0.1) is 0 Å². The number of hydrogen-bond donors (Lipinski definition) is 5. The third-order valence-electron chi connectivity index (χ3n) is 5.43. The molecular weight excluding hydrogens is 548 g/mol. The van der Waals surface area contributed by atoms with Crippen LogP contribution in [0, 0.1) is 0 Å². The Labute approximate surface area is 220 Å². The van der Waals surface area contributed by atoms with Gasteiger partial charge in [-0.25, -0.2) is 19.3 Å². The fraction of sp³-hybridized carbons (Fsp3) is 0.174. The highest BCUT2D eigenvalue weighted by atomic mass is 19.4. The Bertz CT molecular complexity index is 1570. The van der Waals surface area contributed by atoms with E-state index in [2.05, 4.69) is 25.7 Å². The Balaban J connectivity index is 1.64. The van der Waals surface area contributed by atoms with Crippen molar-refractivity contribution in [2.75, 3.05) is 22.9 Å². The Hall–Kier alpha value is -4.93. The van der Waals surface area contributed by atoms with E-state index >= 15 is 0 Å². The third kappa shape index (κ3) is 6.04. The van der Waals surface area contributed by atoms with Crippen molar-refractivity contribution < 1.29 is 35.9 Å². The Morgan fingerprint density at radius 3 is 2.30 bits per heavy atom. The lowest BCUT2D eigenvalue weighted by atomic mass is 9.99. The molecule has 3 heterocycles. The maximum atomic E-state index is 12.9. The molecule has 0 saturated carbocycles. The van der Waals surface area contributed by atoms with Gasteiger partial charge in [0, 0.05) is 17.8 Å². The molecule has 11 nitrogen and oxygen atoms in total. The fourth-order valence-corrected chi connectivity index (χ4v) is 3.82. The maximum Gasteiger partial charge on any atom is 0.433 e. The number of fused-ring (bicyclic) bond motifs is 1. The molecule has 0 atom stereocenters. The van der Waals surface area contributed by atoms with Gasteiger partial charge in [0.15, 0.2) is 5.82 Å². The normalized spacial score (nSPS) is 11.9. The number of hydrogen-bond acceptors (Lipinski definition) is 7. The maximum absolute atomic E-state index is 12.9. The topological polar surface area (TPSA) is 165 Å². The van der Waals surface area contributed by atoms with Gasteiger partial charge in [0.25, 0.3) is 5.91 Å². The van der Waals surface area contributed by atoms with Crippen LogP contribution >= 0.6 is 0 Å². The zero-order chi connectivity index (χ0) is 29.2. The number of rotatable bonds is 6. The van der Waals surface area contributed by atoms with Gasteiger partial charge in [-0.3, -0.25) is 10.1 Å². The number of pyridine rings is 1. The minimum absolute atomic E-state index is 0.0777. The number of nitrogen functional groups attached to an aromatic ring is 1. The van der Waals surface area contributed by atoms with Crippen LogP contribution in [-0.4, -0.2) is 44.2 Å². The number of carbonyl (C=O) groups excluding carboxylic acids is 2. The average Bonchev–Trinajstić information content (AvgIpc) is 3.22. The molecule has 4 rings (SSSR count). The summed E-state index contributed by atoms with van der Waals surface area (Å²) in [5.41, 5.74) is 11.2. The number of nitrogens with one attached hydrogen (secondary N) is 3. The van der Waals surface area contributed by atoms with Gasteiger partial charge in [-0.2, -0.15) is 31.4 Å². The van der Waals surface area contributed by atoms with Crippen LogP contribution in [-0.2, 0) is 12.7 Å². The first-order valence-corrected chi connectivity index (χ1v) is 11.2. The highest BCUT2D eigenvalue weighted by Gasteiger charge is 2.33. The van der Waals surface area contributed by atoms with E-state index in [0.717, 1.165) is 18.5 Å². The second-order valence-electron chi connectivity index (χ2n) is 8.17. The van der Waals surface area contributed by atoms with Gasteiger partial charge < -0.3 is 22.1 Å². The summed E-state index contributed by atoms with van der Waals surface area (Å²) in [5, 5.41) is 10.4. The minimum atomic E-state index is -4.70. The number of carbonyl (C=O) groups is 2. The van der Waals surface area contributed by atoms with Crippen molar-refractivity contribution in [2.24, 2.45) is 5.73 Å². The molecule has 0 radical (unpaired) electrons. The molecule has 0 unspecified atom stereocenters. The second kappa shape index (κ2) is 10.7. The number of alkyl halides is 6. The molecule has 0 aliphatic heterocycles. The molecular formula is C23H19F6N9O2. The summed E-state index contributed by atoms with van der Waals surface area (Å²) in [6.45, 7) is -1.88. The van der Waals surface area contributed by atoms with Crippen molar-refractivity contribution in [3.8, 4) is 11.1 Å². The first-order valence-electron chi connectivity index (χ1n) is 11.2. The van der Waals surface area contributed by atoms with Crippen molar-refractivity contribution in [1.82, 2.24) is 24.9 Å². The van der Waals surface area contributed by atoms with Crippen LogP contribution in [0.3, 0.4) is 0 Å². The third-order valence-corrected chi connectivity index (χ3v) is 5.43. The Morgan fingerprint density at radius 1 is 0.975 bits per heavy atom. The summed E-state index contributed by atoms with van der Waals surface area (Å²) in [4.78, 5) is 32.5. The van der Waals surface area contributed by atoms with E-state index < -0.39 is 36.5 Å². The van der Waals surface area contributed by atoms with Gasteiger partial charge in [0.2, 0.25) is 0 Å². The van der Waals surface area contributed by atoms with Crippen LogP contribution in [0.2, 0.25) is 0 Å². The molecule has 1 aromatic carbocycles. The molecule has 0 aliphatic rings. The zero-order valence-electron chi connectivity index (χ0n) is 20.1. The van der Waals surface area contributed by atoms with Crippen LogP contribution in [0.4, 0.5) is 48.5 Å². The number of nitrogens with two attached hydrogens (primary N) is 2. The average molecular weight is 567 g/mol. The number of nitrogens with zero attached hydrogens (tertiary/aromatic N) is 4. The lowest BCUT2D eigenvalue weighted by Gasteiger charge is -2.12. The molecule has 210 valence electrons. The molecule has 40 heavy (non-hydrogen) atoms.